The molecule has 1 aromatic heterocycles. The molecular formula is C12H22ClN5O. The highest BCUT2D eigenvalue weighted by atomic mass is 35.5. The van der Waals surface area contributed by atoms with Crippen molar-refractivity contribution >= 4 is 23.5 Å². The van der Waals surface area contributed by atoms with Gasteiger partial charge in [0.05, 0.1) is 6.61 Å². The fourth-order valence-electron chi connectivity index (χ4n) is 1.58. The van der Waals surface area contributed by atoms with Crippen molar-refractivity contribution in [2.45, 2.75) is 33.1 Å². The van der Waals surface area contributed by atoms with Crippen LogP contribution < -0.4 is 10.2 Å². The van der Waals surface area contributed by atoms with Gasteiger partial charge in [-0.25, -0.2) is 0 Å². The van der Waals surface area contributed by atoms with Gasteiger partial charge in [0.1, 0.15) is 0 Å². The quantitative estimate of drug-likeness (QED) is 0.723. The largest absolute Gasteiger partial charge is 0.395 e. The first-order chi connectivity index (χ1) is 9.21. The molecule has 1 aromatic rings. The summed E-state index contributed by atoms with van der Waals surface area (Å²) in [5.74, 6) is 0.998. The van der Waals surface area contributed by atoms with E-state index in [9.17, 15) is 0 Å². The molecule has 6 nitrogen and oxygen atoms in total. The van der Waals surface area contributed by atoms with E-state index >= 15 is 0 Å². The summed E-state index contributed by atoms with van der Waals surface area (Å²) in [6.07, 6.45) is 3.07. The molecule has 0 bridgehead atoms. The number of rotatable bonds is 9. The van der Waals surface area contributed by atoms with Gasteiger partial charge in [-0.3, -0.25) is 0 Å². The number of aliphatic hydroxyl groups is 1. The van der Waals surface area contributed by atoms with Gasteiger partial charge in [-0.15, -0.1) is 0 Å². The van der Waals surface area contributed by atoms with E-state index in [-0.39, 0.29) is 11.9 Å². The fraction of sp³-hybridized carbons (Fsp3) is 0.750. The van der Waals surface area contributed by atoms with Crippen molar-refractivity contribution in [1.29, 1.82) is 0 Å². The second-order valence-corrected chi connectivity index (χ2v) is 4.56. The van der Waals surface area contributed by atoms with Crippen LogP contribution in [0.15, 0.2) is 0 Å². The predicted molar refractivity (Wildman–Crippen MR) is 77.8 cm³/mol. The lowest BCUT2D eigenvalue weighted by atomic mass is 10.3. The third-order valence-corrected chi connectivity index (χ3v) is 2.73. The monoisotopic (exact) mass is 287 g/mol. The smallest absolute Gasteiger partial charge is 0.231 e. The molecule has 0 radical (unpaired) electrons. The third kappa shape index (κ3) is 5.57. The number of aliphatic hydroxyl groups excluding tert-OH is 1. The average molecular weight is 288 g/mol. The maximum absolute atomic E-state index is 9.12. The third-order valence-electron chi connectivity index (χ3n) is 2.56. The molecule has 19 heavy (non-hydrogen) atoms. The van der Waals surface area contributed by atoms with E-state index in [1.807, 2.05) is 4.90 Å². The van der Waals surface area contributed by atoms with Crippen molar-refractivity contribution in [2.24, 2.45) is 0 Å². The number of hydrogen-bond acceptors (Lipinski definition) is 6. The normalized spacial score (nSPS) is 10.5. The first kappa shape index (κ1) is 15.9. The summed E-state index contributed by atoms with van der Waals surface area (Å²) in [5, 5.41) is 12.4. The Morgan fingerprint density at radius 3 is 2.58 bits per heavy atom. The van der Waals surface area contributed by atoms with Crippen LogP contribution in [-0.2, 0) is 0 Å². The minimum atomic E-state index is 0.0603. The molecule has 0 aliphatic carbocycles. The summed E-state index contributed by atoms with van der Waals surface area (Å²) in [7, 11) is 0. The minimum absolute atomic E-state index is 0.0603. The number of hydrogen-bond donors (Lipinski definition) is 2. The zero-order chi connectivity index (χ0) is 14.1. The Labute approximate surface area is 119 Å². The Kier molecular flexibility index (Phi) is 7.43. The molecule has 1 rings (SSSR count). The highest BCUT2D eigenvalue weighted by Gasteiger charge is 2.12. The Morgan fingerprint density at radius 2 is 1.95 bits per heavy atom. The molecule has 0 fully saturated rings. The van der Waals surface area contributed by atoms with Crippen molar-refractivity contribution in [1.82, 2.24) is 15.0 Å². The van der Waals surface area contributed by atoms with Gasteiger partial charge in [0.25, 0.3) is 0 Å². The Balaban J connectivity index is 2.84. The summed E-state index contributed by atoms with van der Waals surface area (Å²) >= 11 is 5.92. The van der Waals surface area contributed by atoms with Crippen LogP contribution in [0.25, 0.3) is 0 Å². The number of halogens is 1. The molecule has 108 valence electrons. The second-order valence-electron chi connectivity index (χ2n) is 4.22. The first-order valence-corrected chi connectivity index (χ1v) is 7.10. The van der Waals surface area contributed by atoms with Crippen molar-refractivity contribution in [3.63, 3.8) is 0 Å². The van der Waals surface area contributed by atoms with Crippen molar-refractivity contribution in [3.05, 3.63) is 5.28 Å². The number of nitrogens with zero attached hydrogens (tertiary/aromatic N) is 4. The highest BCUT2D eigenvalue weighted by Crippen LogP contribution is 2.14. The second kappa shape index (κ2) is 8.87. The molecule has 0 atom stereocenters. The first-order valence-electron chi connectivity index (χ1n) is 6.72. The van der Waals surface area contributed by atoms with Gasteiger partial charge >= 0.3 is 0 Å². The van der Waals surface area contributed by atoms with Gasteiger partial charge in [-0.05, 0) is 24.4 Å². The Bertz CT molecular complexity index is 377. The van der Waals surface area contributed by atoms with Crippen LogP contribution in [0.5, 0.6) is 0 Å². The van der Waals surface area contributed by atoms with E-state index in [1.165, 1.54) is 0 Å². The number of unbranched alkanes of at least 4 members (excludes halogenated alkanes) is 1. The molecule has 1 heterocycles. The molecule has 0 aliphatic rings. The maximum Gasteiger partial charge on any atom is 0.231 e. The molecule has 2 N–H and O–H groups in total. The average Bonchev–Trinajstić information content (AvgIpc) is 2.40. The summed E-state index contributed by atoms with van der Waals surface area (Å²) in [6.45, 7) is 6.32. The van der Waals surface area contributed by atoms with Gasteiger partial charge in [0.15, 0.2) is 0 Å². The summed E-state index contributed by atoms with van der Waals surface area (Å²) in [4.78, 5) is 14.4. The fourth-order valence-corrected chi connectivity index (χ4v) is 1.73. The zero-order valence-corrected chi connectivity index (χ0v) is 12.3. The van der Waals surface area contributed by atoms with Crippen LogP contribution in [0.3, 0.4) is 0 Å². The van der Waals surface area contributed by atoms with Crippen LogP contribution in [0, 0.1) is 0 Å². The predicted octanol–water partition coefficient (Wildman–Crippen LogP) is 1.95. The highest BCUT2D eigenvalue weighted by molar-refractivity contribution is 6.28. The molecule has 0 unspecified atom stereocenters. The van der Waals surface area contributed by atoms with E-state index in [0.717, 1.165) is 32.4 Å². The van der Waals surface area contributed by atoms with Gasteiger partial charge in [-0.1, -0.05) is 20.3 Å². The van der Waals surface area contributed by atoms with E-state index in [1.54, 1.807) is 0 Å². The van der Waals surface area contributed by atoms with E-state index < -0.39 is 0 Å². The summed E-state index contributed by atoms with van der Waals surface area (Å²) in [6, 6.07) is 0. The standard InChI is InChI=1S/C12H22ClN5O/c1-3-5-7-18(8-9-19)12-16-10(13)15-11(17-12)14-6-4-2/h19H,3-9H2,1-2H3,(H,14,15,16,17). The van der Waals surface area contributed by atoms with Crippen LogP contribution >= 0.6 is 11.6 Å². The molecule has 0 spiro atoms. The zero-order valence-electron chi connectivity index (χ0n) is 11.6. The van der Waals surface area contributed by atoms with E-state index in [2.05, 4.69) is 34.1 Å². The van der Waals surface area contributed by atoms with E-state index in [4.69, 9.17) is 16.7 Å². The van der Waals surface area contributed by atoms with Gasteiger partial charge in [0, 0.05) is 19.6 Å². The molecule has 7 heteroatoms. The number of nitrogens with one attached hydrogen (secondary N) is 1. The van der Waals surface area contributed by atoms with Crippen LogP contribution in [0.2, 0.25) is 5.28 Å². The van der Waals surface area contributed by atoms with Gasteiger partial charge in [0.2, 0.25) is 17.2 Å². The van der Waals surface area contributed by atoms with Crippen molar-refractivity contribution in [3.8, 4) is 0 Å². The van der Waals surface area contributed by atoms with Crippen LogP contribution in [0.1, 0.15) is 33.1 Å². The van der Waals surface area contributed by atoms with Crippen LogP contribution in [0.4, 0.5) is 11.9 Å². The SMILES string of the molecule is CCCCN(CCO)c1nc(Cl)nc(NCCC)n1. The van der Waals surface area contributed by atoms with Crippen molar-refractivity contribution < 1.29 is 5.11 Å². The number of anilines is 2. The van der Waals surface area contributed by atoms with E-state index in [0.29, 0.717) is 18.4 Å². The molecule has 0 aromatic carbocycles. The molecular weight excluding hydrogens is 266 g/mol. The molecule has 0 amide bonds. The molecule has 0 aliphatic heterocycles. The minimum Gasteiger partial charge on any atom is -0.395 e. The van der Waals surface area contributed by atoms with Crippen LogP contribution in [-0.4, -0.2) is 46.3 Å². The lowest BCUT2D eigenvalue weighted by molar-refractivity contribution is 0.301. The maximum atomic E-state index is 9.12. The lowest BCUT2D eigenvalue weighted by Gasteiger charge is -2.21. The van der Waals surface area contributed by atoms with Crippen molar-refractivity contribution in [2.75, 3.05) is 36.5 Å². The van der Waals surface area contributed by atoms with Gasteiger partial charge in [-0.2, -0.15) is 15.0 Å². The topological polar surface area (TPSA) is 74.2 Å². The molecule has 0 saturated heterocycles. The molecule has 0 saturated carbocycles. The van der Waals surface area contributed by atoms with Gasteiger partial charge < -0.3 is 15.3 Å². The summed E-state index contributed by atoms with van der Waals surface area (Å²) in [5.41, 5.74) is 0. The lowest BCUT2D eigenvalue weighted by Crippen LogP contribution is -2.30. The Morgan fingerprint density at radius 1 is 1.16 bits per heavy atom. The Hall–Kier alpha value is -1.14. The summed E-state index contributed by atoms with van der Waals surface area (Å²) < 4.78 is 0. The number of aromatic nitrogens is 3.